The van der Waals surface area contributed by atoms with Crippen LogP contribution in [0.4, 0.5) is 11.4 Å². The van der Waals surface area contributed by atoms with Gasteiger partial charge >= 0.3 is 5.97 Å². The lowest BCUT2D eigenvalue weighted by Crippen LogP contribution is -1.96. The number of azo groups is 1. The highest BCUT2D eigenvalue weighted by Crippen LogP contribution is 2.35. The second-order valence-electron chi connectivity index (χ2n) is 5.41. The maximum absolute atomic E-state index is 10.6. The van der Waals surface area contributed by atoms with Crippen molar-refractivity contribution in [2.75, 3.05) is 0 Å². The van der Waals surface area contributed by atoms with Crippen LogP contribution in [0.15, 0.2) is 70.9 Å². The molecule has 0 bridgehead atoms. The van der Waals surface area contributed by atoms with Crippen LogP contribution in [-0.2, 0) is 11.2 Å². The number of rotatable bonds is 5. The van der Waals surface area contributed by atoms with E-state index in [1.54, 1.807) is 18.2 Å². The van der Waals surface area contributed by atoms with Gasteiger partial charge in [0.05, 0.1) is 5.69 Å². The van der Waals surface area contributed by atoms with E-state index in [9.17, 15) is 9.90 Å². The predicted molar refractivity (Wildman–Crippen MR) is 92.2 cm³/mol. The zero-order valence-electron chi connectivity index (χ0n) is 12.9. The van der Waals surface area contributed by atoms with Crippen molar-refractivity contribution in [3.8, 4) is 5.75 Å². The minimum Gasteiger partial charge on any atom is -0.506 e. The summed E-state index contributed by atoms with van der Waals surface area (Å²) < 4.78 is 0. The Morgan fingerprint density at radius 3 is 2.42 bits per heavy atom. The maximum Gasteiger partial charge on any atom is 0.303 e. The molecule has 3 rings (SSSR count). The highest BCUT2D eigenvalue weighted by Gasteiger charge is 2.06. The van der Waals surface area contributed by atoms with E-state index in [1.807, 2.05) is 42.5 Å². The Morgan fingerprint density at radius 1 is 0.917 bits per heavy atom. The Bertz CT molecular complexity index is 902. The van der Waals surface area contributed by atoms with Gasteiger partial charge in [-0.05, 0) is 35.6 Å². The van der Waals surface area contributed by atoms with Gasteiger partial charge in [0.15, 0.2) is 0 Å². The molecular weight excluding hydrogens is 304 g/mol. The van der Waals surface area contributed by atoms with Crippen LogP contribution in [0.2, 0.25) is 0 Å². The smallest absolute Gasteiger partial charge is 0.303 e. The SMILES string of the molecule is O=C(O)CCc1ccc(N=Nc2c(O)ccc3ccccc23)cc1. The molecule has 5 nitrogen and oxygen atoms in total. The van der Waals surface area contributed by atoms with Gasteiger partial charge in [-0.15, -0.1) is 5.11 Å². The van der Waals surface area contributed by atoms with E-state index in [4.69, 9.17) is 5.11 Å². The van der Waals surface area contributed by atoms with Gasteiger partial charge in [0.1, 0.15) is 11.4 Å². The first-order chi connectivity index (χ1) is 11.6. The van der Waals surface area contributed by atoms with E-state index in [1.165, 1.54) is 0 Å². The average Bonchev–Trinajstić information content (AvgIpc) is 2.60. The summed E-state index contributed by atoms with van der Waals surface area (Å²) in [5.41, 5.74) is 2.01. The number of carboxylic acids is 1. The molecular formula is C19H16N2O3. The van der Waals surface area contributed by atoms with Crippen LogP contribution < -0.4 is 0 Å². The summed E-state index contributed by atoms with van der Waals surface area (Å²) in [5, 5.41) is 28.9. The minimum absolute atomic E-state index is 0.0792. The third-order valence-electron chi connectivity index (χ3n) is 3.71. The van der Waals surface area contributed by atoms with Crippen molar-refractivity contribution >= 4 is 28.1 Å². The molecule has 5 heteroatoms. The average molecular weight is 320 g/mol. The number of phenols is 1. The number of fused-ring (bicyclic) bond motifs is 1. The van der Waals surface area contributed by atoms with Crippen LogP contribution in [0.3, 0.4) is 0 Å². The molecule has 0 saturated heterocycles. The number of carboxylic acid groups (broad SMARTS) is 1. The van der Waals surface area contributed by atoms with Crippen molar-refractivity contribution in [1.29, 1.82) is 0 Å². The fourth-order valence-corrected chi connectivity index (χ4v) is 2.44. The summed E-state index contributed by atoms with van der Waals surface area (Å²) in [7, 11) is 0. The predicted octanol–water partition coefficient (Wildman–Crippen LogP) is 4.98. The Balaban J connectivity index is 1.83. The third-order valence-corrected chi connectivity index (χ3v) is 3.71. The van der Waals surface area contributed by atoms with Gasteiger partial charge in [-0.3, -0.25) is 4.79 Å². The van der Waals surface area contributed by atoms with Gasteiger partial charge < -0.3 is 10.2 Å². The first-order valence-corrected chi connectivity index (χ1v) is 7.57. The number of nitrogens with zero attached hydrogens (tertiary/aromatic N) is 2. The number of hydrogen-bond donors (Lipinski definition) is 2. The molecule has 0 aliphatic carbocycles. The molecule has 3 aromatic carbocycles. The van der Waals surface area contributed by atoms with Gasteiger partial charge in [-0.1, -0.05) is 42.5 Å². The number of carbonyl (C=O) groups is 1. The van der Waals surface area contributed by atoms with E-state index in [2.05, 4.69) is 10.2 Å². The first-order valence-electron chi connectivity index (χ1n) is 7.57. The Hall–Kier alpha value is -3.21. The molecule has 0 aliphatic rings. The van der Waals surface area contributed by atoms with E-state index in [-0.39, 0.29) is 12.2 Å². The van der Waals surface area contributed by atoms with Crippen LogP contribution in [0.5, 0.6) is 5.75 Å². The van der Waals surface area contributed by atoms with Gasteiger partial charge in [0.2, 0.25) is 0 Å². The van der Waals surface area contributed by atoms with Crippen molar-refractivity contribution in [3.05, 3.63) is 66.2 Å². The molecule has 0 unspecified atom stereocenters. The van der Waals surface area contributed by atoms with E-state index in [0.29, 0.717) is 17.8 Å². The fourth-order valence-electron chi connectivity index (χ4n) is 2.44. The Labute approximate surface area is 138 Å². The normalized spacial score (nSPS) is 11.2. The summed E-state index contributed by atoms with van der Waals surface area (Å²) in [5.74, 6) is -0.735. The lowest BCUT2D eigenvalue weighted by Gasteiger charge is -2.03. The second kappa shape index (κ2) is 6.91. The molecule has 2 N–H and O–H groups in total. The van der Waals surface area contributed by atoms with Crippen LogP contribution in [0.25, 0.3) is 10.8 Å². The van der Waals surface area contributed by atoms with Crippen molar-refractivity contribution in [2.45, 2.75) is 12.8 Å². The molecule has 0 spiro atoms. The van der Waals surface area contributed by atoms with Crippen molar-refractivity contribution in [1.82, 2.24) is 0 Å². The minimum atomic E-state index is -0.815. The van der Waals surface area contributed by atoms with Crippen molar-refractivity contribution in [2.24, 2.45) is 10.2 Å². The molecule has 0 saturated carbocycles. The van der Waals surface area contributed by atoms with Crippen LogP contribution in [0.1, 0.15) is 12.0 Å². The number of hydrogen-bond acceptors (Lipinski definition) is 4. The number of aromatic hydroxyl groups is 1. The van der Waals surface area contributed by atoms with Crippen LogP contribution >= 0.6 is 0 Å². The summed E-state index contributed by atoms with van der Waals surface area (Å²) >= 11 is 0. The number of aliphatic carboxylic acids is 1. The molecule has 0 heterocycles. The lowest BCUT2D eigenvalue weighted by molar-refractivity contribution is -0.136. The topological polar surface area (TPSA) is 82.2 Å². The fraction of sp³-hybridized carbons (Fsp3) is 0.105. The number of benzene rings is 3. The quantitative estimate of drug-likeness (QED) is 0.650. The molecule has 0 aliphatic heterocycles. The monoisotopic (exact) mass is 320 g/mol. The largest absolute Gasteiger partial charge is 0.506 e. The van der Waals surface area contributed by atoms with E-state index in [0.717, 1.165) is 16.3 Å². The van der Waals surface area contributed by atoms with Gasteiger partial charge in [-0.25, -0.2) is 0 Å². The van der Waals surface area contributed by atoms with Gasteiger partial charge in [-0.2, -0.15) is 5.11 Å². The van der Waals surface area contributed by atoms with Crippen molar-refractivity contribution < 1.29 is 15.0 Å². The van der Waals surface area contributed by atoms with Crippen LogP contribution in [0, 0.1) is 0 Å². The maximum atomic E-state index is 10.6. The number of phenolic OH excluding ortho intramolecular Hbond substituents is 1. The Morgan fingerprint density at radius 2 is 1.67 bits per heavy atom. The number of aryl methyl sites for hydroxylation is 1. The van der Waals surface area contributed by atoms with Crippen molar-refractivity contribution in [3.63, 3.8) is 0 Å². The lowest BCUT2D eigenvalue weighted by atomic mass is 10.1. The zero-order valence-corrected chi connectivity index (χ0v) is 12.9. The van der Waals surface area contributed by atoms with E-state index < -0.39 is 5.97 Å². The molecule has 3 aromatic rings. The molecule has 24 heavy (non-hydrogen) atoms. The van der Waals surface area contributed by atoms with Gasteiger partial charge in [0, 0.05) is 11.8 Å². The molecule has 0 amide bonds. The molecule has 0 aromatic heterocycles. The second-order valence-corrected chi connectivity index (χ2v) is 5.41. The van der Waals surface area contributed by atoms with Gasteiger partial charge in [0.25, 0.3) is 0 Å². The molecule has 0 fully saturated rings. The summed E-state index contributed by atoms with van der Waals surface area (Å²) in [6, 6.07) is 18.3. The molecule has 0 radical (unpaired) electrons. The van der Waals surface area contributed by atoms with E-state index >= 15 is 0 Å². The standard InChI is InChI=1S/C19H16N2O3/c22-17-11-8-14-3-1-2-4-16(14)19(17)21-20-15-9-5-13(6-10-15)7-12-18(23)24/h1-6,8-11,22H,7,12H2,(H,23,24). The molecule has 120 valence electrons. The first kappa shape index (κ1) is 15.7. The van der Waals surface area contributed by atoms with Crippen LogP contribution in [-0.4, -0.2) is 16.2 Å². The third kappa shape index (κ3) is 3.57. The molecule has 0 atom stereocenters. The highest BCUT2D eigenvalue weighted by molar-refractivity contribution is 5.95. The summed E-state index contributed by atoms with van der Waals surface area (Å²) in [4.78, 5) is 10.6. The summed E-state index contributed by atoms with van der Waals surface area (Å²) in [6.07, 6.45) is 0.585. The highest BCUT2D eigenvalue weighted by atomic mass is 16.4. The summed E-state index contributed by atoms with van der Waals surface area (Å²) in [6.45, 7) is 0. The zero-order chi connectivity index (χ0) is 16.9. The Kier molecular flexibility index (Phi) is 4.52.